The van der Waals surface area contributed by atoms with Gasteiger partial charge in [0.1, 0.15) is 11.5 Å². The molecule has 0 amide bonds. The number of nitrogens with two attached hydrogens (primary N) is 1. The molecule has 2 aromatic carbocycles. The molecule has 0 saturated carbocycles. The van der Waals surface area contributed by atoms with Crippen LogP contribution in [-0.2, 0) is 0 Å². The number of hydrogen-bond donors (Lipinski definition) is 1. The monoisotopic (exact) mass is 269 g/mol. The number of benzene rings is 2. The molecule has 1 heterocycles. The fourth-order valence-electron chi connectivity index (χ4n) is 2.56. The van der Waals surface area contributed by atoms with Crippen molar-refractivity contribution < 1.29 is 9.47 Å². The first-order valence-electron chi connectivity index (χ1n) is 6.95. The highest BCUT2D eigenvalue weighted by atomic mass is 16.5. The van der Waals surface area contributed by atoms with E-state index in [9.17, 15) is 0 Å². The largest absolute Gasteiger partial charge is 0.493 e. The molecule has 2 aromatic rings. The molecule has 0 aliphatic carbocycles. The lowest BCUT2D eigenvalue weighted by atomic mass is 9.94. The summed E-state index contributed by atoms with van der Waals surface area (Å²) >= 11 is 0. The first kappa shape index (κ1) is 12.9. The standard InChI is InChI=1S/C17H19NO2/c1-12-5-4-8-16(17(12)18)20-11-13-9-10-19-15-7-3-2-6-14(13)15/h2-8,13H,9-11,18H2,1H3. The molecular formula is C17H19NO2. The molecule has 3 nitrogen and oxygen atoms in total. The summed E-state index contributed by atoms with van der Waals surface area (Å²) in [5.74, 6) is 2.11. The van der Waals surface area contributed by atoms with Crippen LogP contribution in [0.4, 0.5) is 5.69 Å². The van der Waals surface area contributed by atoms with E-state index in [2.05, 4.69) is 6.07 Å². The molecule has 0 spiro atoms. The van der Waals surface area contributed by atoms with Crippen molar-refractivity contribution in [3.63, 3.8) is 0 Å². The minimum Gasteiger partial charge on any atom is -0.493 e. The summed E-state index contributed by atoms with van der Waals surface area (Å²) in [4.78, 5) is 0. The molecule has 1 aliphatic heterocycles. The maximum Gasteiger partial charge on any atom is 0.142 e. The highest BCUT2D eigenvalue weighted by molar-refractivity contribution is 5.57. The normalized spacial score (nSPS) is 17.1. The molecule has 0 bridgehead atoms. The lowest BCUT2D eigenvalue weighted by Crippen LogP contribution is -2.19. The summed E-state index contributed by atoms with van der Waals surface area (Å²) in [5.41, 5.74) is 9.05. The second-order valence-electron chi connectivity index (χ2n) is 5.17. The van der Waals surface area contributed by atoms with E-state index in [1.807, 2.05) is 43.3 Å². The number of anilines is 1. The van der Waals surface area contributed by atoms with Gasteiger partial charge in [0.05, 0.1) is 18.9 Å². The highest BCUT2D eigenvalue weighted by Crippen LogP contribution is 2.34. The number of para-hydroxylation sites is 2. The summed E-state index contributed by atoms with van der Waals surface area (Å²) in [6.45, 7) is 3.37. The first-order chi connectivity index (χ1) is 9.75. The van der Waals surface area contributed by atoms with Crippen LogP contribution in [0.3, 0.4) is 0 Å². The van der Waals surface area contributed by atoms with E-state index in [1.54, 1.807) is 0 Å². The zero-order valence-electron chi connectivity index (χ0n) is 11.6. The molecule has 1 aliphatic rings. The lowest BCUT2D eigenvalue weighted by Gasteiger charge is -2.26. The van der Waals surface area contributed by atoms with E-state index in [4.69, 9.17) is 15.2 Å². The Morgan fingerprint density at radius 2 is 2.05 bits per heavy atom. The summed E-state index contributed by atoms with van der Waals surface area (Å²) in [7, 11) is 0. The molecule has 1 unspecified atom stereocenters. The van der Waals surface area contributed by atoms with Crippen molar-refractivity contribution >= 4 is 5.69 Å². The van der Waals surface area contributed by atoms with Crippen LogP contribution in [0, 0.1) is 6.92 Å². The van der Waals surface area contributed by atoms with Crippen molar-refractivity contribution in [1.82, 2.24) is 0 Å². The van der Waals surface area contributed by atoms with E-state index in [-0.39, 0.29) is 0 Å². The first-order valence-corrected chi connectivity index (χ1v) is 6.95. The maximum atomic E-state index is 6.04. The third kappa shape index (κ3) is 2.44. The Morgan fingerprint density at radius 3 is 2.95 bits per heavy atom. The van der Waals surface area contributed by atoms with Gasteiger partial charge in [0, 0.05) is 11.5 Å². The zero-order valence-corrected chi connectivity index (χ0v) is 11.6. The Kier molecular flexibility index (Phi) is 3.50. The van der Waals surface area contributed by atoms with Crippen LogP contribution in [0.2, 0.25) is 0 Å². The number of ether oxygens (including phenoxy) is 2. The van der Waals surface area contributed by atoms with Crippen LogP contribution in [0.15, 0.2) is 42.5 Å². The Balaban J connectivity index is 1.75. The van der Waals surface area contributed by atoms with Gasteiger partial charge in [-0.2, -0.15) is 0 Å². The summed E-state index contributed by atoms with van der Waals surface area (Å²) in [5, 5.41) is 0. The molecule has 2 N–H and O–H groups in total. The fraction of sp³-hybridized carbons (Fsp3) is 0.294. The summed E-state index contributed by atoms with van der Waals surface area (Å²) in [6.07, 6.45) is 0.975. The second-order valence-corrected chi connectivity index (χ2v) is 5.17. The SMILES string of the molecule is Cc1cccc(OCC2CCOc3ccccc32)c1N. The van der Waals surface area contributed by atoms with Crippen LogP contribution in [0.5, 0.6) is 11.5 Å². The molecule has 0 saturated heterocycles. The zero-order chi connectivity index (χ0) is 13.9. The third-order valence-electron chi connectivity index (χ3n) is 3.81. The molecular weight excluding hydrogens is 250 g/mol. The van der Waals surface area contributed by atoms with E-state index >= 15 is 0 Å². The molecule has 3 rings (SSSR count). The van der Waals surface area contributed by atoms with Crippen molar-refractivity contribution in [2.45, 2.75) is 19.3 Å². The van der Waals surface area contributed by atoms with Crippen molar-refractivity contribution in [2.75, 3.05) is 18.9 Å². The quantitative estimate of drug-likeness (QED) is 0.867. The van der Waals surface area contributed by atoms with E-state index < -0.39 is 0 Å². The Bertz CT molecular complexity index is 610. The topological polar surface area (TPSA) is 44.5 Å². The fourth-order valence-corrected chi connectivity index (χ4v) is 2.56. The van der Waals surface area contributed by atoms with E-state index in [0.717, 1.165) is 35.8 Å². The van der Waals surface area contributed by atoms with Gasteiger partial charge in [-0.25, -0.2) is 0 Å². The number of hydrogen-bond acceptors (Lipinski definition) is 3. The maximum absolute atomic E-state index is 6.04. The van der Waals surface area contributed by atoms with Crippen molar-refractivity contribution in [2.24, 2.45) is 0 Å². The predicted octanol–water partition coefficient (Wildman–Crippen LogP) is 3.52. The van der Waals surface area contributed by atoms with Crippen LogP contribution in [0.25, 0.3) is 0 Å². The van der Waals surface area contributed by atoms with Gasteiger partial charge in [-0.15, -0.1) is 0 Å². The Labute approximate surface area is 119 Å². The van der Waals surface area contributed by atoms with Gasteiger partial charge in [0.15, 0.2) is 0 Å². The third-order valence-corrected chi connectivity index (χ3v) is 3.81. The van der Waals surface area contributed by atoms with Crippen LogP contribution >= 0.6 is 0 Å². The van der Waals surface area contributed by atoms with Gasteiger partial charge in [-0.05, 0) is 31.0 Å². The number of fused-ring (bicyclic) bond motifs is 1. The van der Waals surface area contributed by atoms with Gasteiger partial charge >= 0.3 is 0 Å². The van der Waals surface area contributed by atoms with Crippen LogP contribution < -0.4 is 15.2 Å². The Morgan fingerprint density at radius 1 is 1.20 bits per heavy atom. The molecule has 0 aromatic heterocycles. The summed E-state index contributed by atoms with van der Waals surface area (Å²) < 4.78 is 11.6. The minimum atomic E-state index is 0.361. The molecule has 20 heavy (non-hydrogen) atoms. The molecule has 1 atom stereocenters. The number of rotatable bonds is 3. The molecule has 0 fully saturated rings. The van der Waals surface area contributed by atoms with E-state index in [1.165, 1.54) is 5.56 Å². The van der Waals surface area contributed by atoms with Crippen molar-refractivity contribution in [1.29, 1.82) is 0 Å². The molecule has 3 heteroatoms. The number of aryl methyl sites for hydroxylation is 1. The minimum absolute atomic E-state index is 0.361. The van der Waals surface area contributed by atoms with Crippen LogP contribution in [0.1, 0.15) is 23.5 Å². The molecule has 0 radical (unpaired) electrons. The van der Waals surface area contributed by atoms with E-state index in [0.29, 0.717) is 12.5 Å². The van der Waals surface area contributed by atoms with Crippen LogP contribution in [-0.4, -0.2) is 13.2 Å². The summed E-state index contributed by atoms with van der Waals surface area (Å²) in [6, 6.07) is 14.1. The van der Waals surface area contributed by atoms with Gasteiger partial charge < -0.3 is 15.2 Å². The van der Waals surface area contributed by atoms with Gasteiger partial charge in [-0.1, -0.05) is 30.3 Å². The van der Waals surface area contributed by atoms with Gasteiger partial charge in [-0.3, -0.25) is 0 Å². The molecule has 104 valence electrons. The number of nitrogen functional groups attached to an aromatic ring is 1. The van der Waals surface area contributed by atoms with Crippen molar-refractivity contribution in [3.8, 4) is 11.5 Å². The van der Waals surface area contributed by atoms with Gasteiger partial charge in [0.25, 0.3) is 0 Å². The average molecular weight is 269 g/mol. The lowest BCUT2D eigenvalue weighted by molar-refractivity contribution is 0.218. The highest BCUT2D eigenvalue weighted by Gasteiger charge is 2.21. The Hall–Kier alpha value is -2.16. The van der Waals surface area contributed by atoms with Gasteiger partial charge in [0.2, 0.25) is 0 Å². The second kappa shape index (κ2) is 5.45. The average Bonchev–Trinajstić information content (AvgIpc) is 2.49. The predicted molar refractivity (Wildman–Crippen MR) is 80.4 cm³/mol. The smallest absolute Gasteiger partial charge is 0.142 e. The van der Waals surface area contributed by atoms with Crippen molar-refractivity contribution in [3.05, 3.63) is 53.6 Å².